The Hall–Kier alpha value is -1.86. The van der Waals surface area contributed by atoms with Gasteiger partial charge in [-0.3, -0.25) is 4.79 Å². The molecule has 112 valence electrons. The first-order valence-corrected chi connectivity index (χ1v) is 7.39. The molecule has 1 aromatic carbocycles. The highest BCUT2D eigenvalue weighted by Crippen LogP contribution is 2.20. The van der Waals surface area contributed by atoms with Crippen molar-refractivity contribution in [3.63, 3.8) is 0 Å². The summed E-state index contributed by atoms with van der Waals surface area (Å²) >= 11 is 0. The maximum Gasteiger partial charge on any atom is 0.255 e. The normalized spacial score (nSPS) is 18.6. The van der Waals surface area contributed by atoms with Crippen molar-refractivity contribution in [3.05, 3.63) is 35.1 Å². The smallest absolute Gasteiger partial charge is 0.255 e. The van der Waals surface area contributed by atoms with Crippen molar-refractivity contribution in [2.24, 2.45) is 11.7 Å². The number of likely N-dealkylation sites (tertiary alicyclic amines) is 1. The molecular weight excluding hydrogens is 267 g/mol. The predicted molar refractivity (Wildman–Crippen MR) is 81.3 cm³/mol. The summed E-state index contributed by atoms with van der Waals surface area (Å²) in [6, 6.07) is 4.13. The van der Waals surface area contributed by atoms with E-state index in [4.69, 9.17) is 5.73 Å². The molecule has 1 aliphatic heterocycles. The summed E-state index contributed by atoms with van der Waals surface area (Å²) in [5.41, 5.74) is 6.24. The Balaban J connectivity index is 2.25. The zero-order valence-corrected chi connectivity index (χ0v) is 12.4. The molecule has 1 aromatic rings. The van der Waals surface area contributed by atoms with Crippen molar-refractivity contribution in [1.82, 2.24) is 4.90 Å². The Morgan fingerprint density at radius 3 is 3.00 bits per heavy atom. The SMILES string of the molecule is CC1CCCN(C(=O)c2ccc(F)cc2C#CCN)CC1. The van der Waals surface area contributed by atoms with Crippen LogP contribution in [-0.2, 0) is 0 Å². The topological polar surface area (TPSA) is 46.3 Å². The van der Waals surface area contributed by atoms with Crippen LogP contribution in [0.2, 0.25) is 0 Å². The van der Waals surface area contributed by atoms with Gasteiger partial charge in [-0.05, 0) is 43.4 Å². The van der Waals surface area contributed by atoms with Crippen molar-refractivity contribution in [1.29, 1.82) is 0 Å². The number of carbonyl (C=O) groups excluding carboxylic acids is 1. The quantitative estimate of drug-likeness (QED) is 0.807. The van der Waals surface area contributed by atoms with E-state index in [1.165, 1.54) is 18.2 Å². The molecule has 1 unspecified atom stereocenters. The second-order valence-electron chi connectivity index (χ2n) is 5.52. The van der Waals surface area contributed by atoms with Crippen LogP contribution < -0.4 is 5.73 Å². The number of nitrogens with two attached hydrogens (primary N) is 1. The van der Waals surface area contributed by atoms with Gasteiger partial charge in [-0.2, -0.15) is 0 Å². The van der Waals surface area contributed by atoms with Crippen LogP contribution in [0.4, 0.5) is 4.39 Å². The van der Waals surface area contributed by atoms with Gasteiger partial charge >= 0.3 is 0 Å². The Bertz CT molecular complexity index is 574. The van der Waals surface area contributed by atoms with Crippen LogP contribution in [0.5, 0.6) is 0 Å². The number of hydrogen-bond acceptors (Lipinski definition) is 2. The van der Waals surface area contributed by atoms with Crippen molar-refractivity contribution in [2.75, 3.05) is 19.6 Å². The molecule has 3 nitrogen and oxygen atoms in total. The maximum absolute atomic E-state index is 13.4. The van der Waals surface area contributed by atoms with Gasteiger partial charge in [0.1, 0.15) is 5.82 Å². The van der Waals surface area contributed by atoms with Gasteiger partial charge in [0.2, 0.25) is 0 Å². The number of benzene rings is 1. The minimum Gasteiger partial charge on any atom is -0.339 e. The van der Waals surface area contributed by atoms with E-state index in [0.717, 1.165) is 32.4 Å². The van der Waals surface area contributed by atoms with Crippen LogP contribution in [-0.4, -0.2) is 30.4 Å². The van der Waals surface area contributed by atoms with Crippen molar-refractivity contribution in [3.8, 4) is 11.8 Å². The first-order valence-electron chi connectivity index (χ1n) is 7.39. The number of rotatable bonds is 1. The van der Waals surface area contributed by atoms with Gasteiger partial charge in [0.25, 0.3) is 5.91 Å². The molecule has 0 bridgehead atoms. The van der Waals surface area contributed by atoms with Crippen LogP contribution in [0.25, 0.3) is 0 Å². The summed E-state index contributed by atoms with van der Waals surface area (Å²) in [7, 11) is 0. The monoisotopic (exact) mass is 288 g/mol. The van der Waals surface area contributed by atoms with E-state index < -0.39 is 5.82 Å². The second-order valence-corrected chi connectivity index (χ2v) is 5.52. The summed E-state index contributed by atoms with van der Waals surface area (Å²) in [6.45, 7) is 3.90. The lowest BCUT2D eigenvalue weighted by Gasteiger charge is -2.21. The average Bonchev–Trinajstić information content (AvgIpc) is 2.69. The molecule has 21 heavy (non-hydrogen) atoms. The zero-order chi connectivity index (χ0) is 15.2. The van der Waals surface area contributed by atoms with Gasteiger partial charge in [0.05, 0.1) is 12.1 Å². The van der Waals surface area contributed by atoms with Crippen LogP contribution in [0.1, 0.15) is 42.1 Å². The molecule has 1 aliphatic rings. The van der Waals surface area contributed by atoms with Crippen molar-refractivity contribution >= 4 is 5.91 Å². The van der Waals surface area contributed by atoms with Crippen LogP contribution in [0.15, 0.2) is 18.2 Å². The molecule has 1 saturated heterocycles. The van der Waals surface area contributed by atoms with Gasteiger partial charge < -0.3 is 10.6 Å². The Kier molecular flexibility index (Phi) is 5.35. The van der Waals surface area contributed by atoms with Crippen LogP contribution in [0, 0.1) is 23.6 Å². The molecule has 2 rings (SSSR count). The van der Waals surface area contributed by atoms with Crippen LogP contribution >= 0.6 is 0 Å². The largest absolute Gasteiger partial charge is 0.339 e. The second kappa shape index (κ2) is 7.24. The number of hydrogen-bond donors (Lipinski definition) is 1. The maximum atomic E-state index is 13.4. The fraction of sp³-hybridized carbons (Fsp3) is 0.471. The molecule has 0 spiro atoms. The number of amides is 1. The fourth-order valence-corrected chi connectivity index (χ4v) is 2.59. The van der Waals surface area contributed by atoms with Gasteiger partial charge in [0.15, 0.2) is 0 Å². The minimum absolute atomic E-state index is 0.0644. The third-order valence-electron chi connectivity index (χ3n) is 3.84. The van der Waals surface area contributed by atoms with E-state index in [1.807, 2.05) is 4.90 Å². The third kappa shape index (κ3) is 4.05. The number of nitrogens with zero attached hydrogens (tertiary/aromatic N) is 1. The minimum atomic E-state index is -0.391. The number of halogens is 1. The standard InChI is InChI=1S/C17H21FN2O/c1-13-4-3-10-20(11-8-13)17(21)16-7-6-15(18)12-14(16)5-2-9-19/h6-7,12-13H,3-4,8-11,19H2,1H3. The van der Waals surface area contributed by atoms with E-state index >= 15 is 0 Å². The van der Waals surface area contributed by atoms with E-state index in [1.54, 1.807) is 0 Å². The fourth-order valence-electron chi connectivity index (χ4n) is 2.59. The lowest BCUT2D eigenvalue weighted by Crippen LogP contribution is -2.32. The molecule has 1 amide bonds. The highest BCUT2D eigenvalue weighted by molar-refractivity contribution is 5.96. The summed E-state index contributed by atoms with van der Waals surface area (Å²) in [6.07, 6.45) is 3.17. The summed E-state index contributed by atoms with van der Waals surface area (Å²) in [4.78, 5) is 14.5. The van der Waals surface area contributed by atoms with Crippen molar-refractivity contribution < 1.29 is 9.18 Å². The van der Waals surface area contributed by atoms with E-state index in [2.05, 4.69) is 18.8 Å². The van der Waals surface area contributed by atoms with Crippen molar-refractivity contribution in [2.45, 2.75) is 26.2 Å². The predicted octanol–water partition coefficient (Wildman–Crippen LogP) is 2.40. The van der Waals surface area contributed by atoms with Crippen LogP contribution in [0.3, 0.4) is 0 Å². The highest BCUT2D eigenvalue weighted by Gasteiger charge is 2.21. The molecule has 4 heteroatoms. The molecular formula is C17H21FN2O. The first kappa shape index (κ1) is 15.5. The molecule has 0 aromatic heterocycles. The molecule has 0 radical (unpaired) electrons. The Labute approximate surface area is 125 Å². The summed E-state index contributed by atoms with van der Waals surface area (Å²) in [5.74, 6) is 5.68. The van der Waals surface area contributed by atoms with E-state index in [-0.39, 0.29) is 12.5 Å². The van der Waals surface area contributed by atoms with E-state index in [9.17, 15) is 9.18 Å². The van der Waals surface area contributed by atoms with Gasteiger partial charge in [-0.25, -0.2) is 4.39 Å². The first-order chi connectivity index (χ1) is 10.1. The Morgan fingerprint density at radius 1 is 1.43 bits per heavy atom. The molecule has 1 heterocycles. The Morgan fingerprint density at radius 2 is 2.24 bits per heavy atom. The molecule has 0 saturated carbocycles. The molecule has 1 atom stereocenters. The van der Waals surface area contributed by atoms with E-state index in [0.29, 0.717) is 17.0 Å². The number of carbonyl (C=O) groups is 1. The zero-order valence-electron chi connectivity index (χ0n) is 12.4. The highest BCUT2D eigenvalue weighted by atomic mass is 19.1. The summed E-state index contributed by atoms with van der Waals surface area (Å²) < 4.78 is 13.4. The molecule has 1 fully saturated rings. The summed E-state index contributed by atoms with van der Waals surface area (Å²) in [5, 5.41) is 0. The molecule has 0 aliphatic carbocycles. The van der Waals surface area contributed by atoms with Gasteiger partial charge in [-0.1, -0.05) is 18.8 Å². The van der Waals surface area contributed by atoms with Gasteiger partial charge in [0, 0.05) is 18.7 Å². The molecule has 2 N–H and O–H groups in total. The van der Waals surface area contributed by atoms with Gasteiger partial charge in [-0.15, -0.1) is 0 Å². The lowest BCUT2D eigenvalue weighted by molar-refractivity contribution is 0.0760. The average molecular weight is 288 g/mol. The lowest BCUT2D eigenvalue weighted by atomic mass is 10.0. The third-order valence-corrected chi connectivity index (χ3v) is 3.84.